The first-order valence-corrected chi connectivity index (χ1v) is 8.39. The number of halogens is 1. The average molecular weight is 345 g/mol. The van der Waals surface area contributed by atoms with Crippen molar-refractivity contribution >= 4 is 6.03 Å². The molecule has 7 heteroatoms. The summed E-state index contributed by atoms with van der Waals surface area (Å²) in [5.41, 5.74) is 2.12. The minimum absolute atomic E-state index is 0.0616. The molecule has 2 N–H and O–H groups in total. The Hall–Kier alpha value is -2.41. The van der Waals surface area contributed by atoms with E-state index in [1.54, 1.807) is 16.8 Å². The smallest absolute Gasteiger partial charge is 0.315 e. The maximum atomic E-state index is 13.0. The first-order chi connectivity index (χ1) is 11.9. The van der Waals surface area contributed by atoms with Gasteiger partial charge in [0.1, 0.15) is 5.82 Å². The first kappa shape index (κ1) is 17.4. The molecule has 25 heavy (non-hydrogen) atoms. The van der Waals surface area contributed by atoms with Crippen molar-refractivity contribution in [1.29, 1.82) is 0 Å². The van der Waals surface area contributed by atoms with Crippen molar-refractivity contribution in [3.63, 3.8) is 0 Å². The van der Waals surface area contributed by atoms with Gasteiger partial charge in [-0.1, -0.05) is 12.1 Å². The summed E-state index contributed by atoms with van der Waals surface area (Å²) in [6.07, 6.45) is 4.66. The van der Waals surface area contributed by atoms with Crippen LogP contribution >= 0.6 is 0 Å². The highest BCUT2D eigenvalue weighted by molar-refractivity contribution is 5.75. The van der Waals surface area contributed by atoms with E-state index in [0.29, 0.717) is 6.54 Å². The number of nitrogens with zero attached hydrogens (tertiary/aromatic N) is 3. The van der Waals surface area contributed by atoms with Gasteiger partial charge in [-0.2, -0.15) is 5.10 Å². The number of carbonyl (C=O) groups is 1. The highest BCUT2D eigenvalue weighted by atomic mass is 19.1. The Morgan fingerprint density at radius 3 is 2.72 bits per heavy atom. The van der Waals surface area contributed by atoms with E-state index in [1.807, 2.05) is 33.5 Å². The summed E-state index contributed by atoms with van der Waals surface area (Å²) in [5.74, 6) is 0.0334. The second kappa shape index (κ2) is 7.23. The van der Waals surface area contributed by atoms with E-state index in [2.05, 4.69) is 20.6 Å². The van der Waals surface area contributed by atoms with Crippen molar-refractivity contribution in [2.45, 2.75) is 24.4 Å². The number of rotatable bonds is 6. The molecule has 2 amide bonds. The fourth-order valence-corrected chi connectivity index (χ4v) is 3.05. The van der Waals surface area contributed by atoms with E-state index >= 15 is 0 Å². The van der Waals surface area contributed by atoms with Crippen LogP contribution in [0.5, 0.6) is 0 Å². The molecule has 0 bridgehead atoms. The lowest BCUT2D eigenvalue weighted by molar-refractivity contribution is 0.232. The molecule has 1 aliphatic rings. The van der Waals surface area contributed by atoms with Crippen LogP contribution in [0.1, 0.15) is 29.5 Å². The van der Waals surface area contributed by atoms with Crippen LogP contribution in [-0.2, 0) is 7.05 Å². The van der Waals surface area contributed by atoms with Crippen LogP contribution < -0.4 is 10.6 Å². The molecule has 6 nitrogen and oxygen atoms in total. The summed E-state index contributed by atoms with van der Waals surface area (Å²) in [5, 5.41) is 10.1. The number of hydrogen-bond donors (Lipinski definition) is 2. The molecule has 1 saturated carbocycles. The SMILES string of the molecule is CN(C)[C@@H](CNC(=O)N[C@@H]1C[C@H]1c1ccc(F)cc1)c1cnn(C)c1. The molecule has 0 aliphatic heterocycles. The fraction of sp³-hybridized carbons (Fsp3) is 0.444. The number of likely N-dealkylation sites (N-methyl/N-ethyl adjacent to an activating group) is 1. The first-order valence-electron chi connectivity index (χ1n) is 8.39. The van der Waals surface area contributed by atoms with Crippen LogP contribution in [0, 0.1) is 5.82 Å². The molecule has 0 saturated heterocycles. The number of amides is 2. The third-order valence-electron chi connectivity index (χ3n) is 4.59. The molecule has 134 valence electrons. The normalized spacial score (nSPS) is 20.4. The van der Waals surface area contributed by atoms with Crippen LogP contribution in [0.15, 0.2) is 36.7 Å². The third kappa shape index (κ3) is 4.36. The van der Waals surface area contributed by atoms with E-state index in [0.717, 1.165) is 17.5 Å². The second-order valence-corrected chi connectivity index (χ2v) is 6.78. The van der Waals surface area contributed by atoms with E-state index in [4.69, 9.17) is 0 Å². The van der Waals surface area contributed by atoms with E-state index in [9.17, 15) is 9.18 Å². The molecule has 3 rings (SSSR count). The van der Waals surface area contributed by atoms with E-state index < -0.39 is 0 Å². The van der Waals surface area contributed by atoms with E-state index in [-0.39, 0.29) is 29.8 Å². The summed E-state index contributed by atoms with van der Waals surface area (Å²) < 4.78 is 14.7. The zero-order valence-corrected chi connectivity index (χ0v) is 14.7. The molecule has 1 aliphatic carbocycles. The monoisotopic (exact) mass is 345 g/mol. The summed E-state index contributed by atoms with van der Waals surface area (Å²) >= 11 is 0. The van der Waals surface area contributed by atoms with E-state index in [1.165, 1.54) is 12.1 Å². The minimum atomic E-state index is -0.239. The van der Waals surface area contributed by atoms with Crippen molar-refractivity contribution < 1.29 is 9.18 Å². The van der Waals surface area contributed by atoms with Gasteiger partial charge in [0.05, 0.1) is 12.2 Å². The Balaban J connectivity index is 1.49. The van der Waals surface area contributed by atoms with Crippen LogP contribution in [0.25, 0.3) is 0 Å². The lowest BCUT2D eigenvalue weighted by Crippen LogP contribution is -2.41. The summed E-state index contributed by atoms with van der Waals surface area (Å²) in [4.78, 5) is 14.2. The third-order valence-corrected chi connectivity index (χ3v) is 4.59. The molecule has 1 fully saturated rings. The van der Waals surface area contributed by atoms with Gasteiger partial charge in [0.25, 0.3) is 0 Å². The predicted molar refractivity (Wildman–Crippen MR) is 93.7 cm³/mol. The average Bonchev–Trinajstić information content (AvgIpc) is 3.18. The number of carbonyl (C=O) groups excluding carboxylic acids is 1. The summed E-state index contributed by atoms with van der Waals surface area (Å²) in [6, 6.07) is 6.48. The van der Waals surface area contributed by atoms with Crippen LogP contribution in [0.3, 0.4) is 0 Å². The van der Waals surface area contributed by atoms with Crippen molar-refractivity contribution in [2.75, 3.05) is 20.6 Å². The topological polar surface area (TPSA) is 62.2 Å². The minimum Gasteiger partial charge on any atom is -0.336 e. The summed E-state index contributed by atoms with van der Waals surface area (Å²) in [7, 11) is 5.82. The van der Waals surface area contributed by atoms with Crippen molar-refractivity contribution in [3.05, 3.63) is 53.6 Å². The Kier molecular flexibility index (Phi) is 5.03. The van der Waals surface area contributed by atoms with Gasteiger partial charge in [0.2, 0.25) is 0 Å². The molecule has 1 aromatic heterocycles. The lowest BCUT2D eigenvalue weighted by Gasteiger charge is -2.23. The van der Waals surface area contributed by atoms with Gasteiger partial charge in [-0.05, 0) is 38.2 Å². The van der Waals surface area contributed by atoms with Crippen molar-refractivity contribution in [3.8, 4) is 0 Å². The summed E-state index contributed by atoms with van der Waals surface area (Å²) in [6.45, 7) is 0.498. The maximum absolute atomic E-state index is 13.0. The van der Waals surface area contributed by atoms with Crippen LogP contribution in [-0.4, -0.2) is 47.4 Å². The number of aryl methyl sites for hydroxylation is 1. The van der Waals surface area contributed by atoms with Crippen molar-refractivity contribution in [2.24, 2.45) is 7.05 Å². The number of benzene rings is 1. The Bertz CT molecular complexity index is 727. The van der Waals surface area contributed by atoms with Gasteiger partial charge in [-0.15, -0.1) is 0 Å². The Labute approximate surface area is 147 Å². The van der Waals surface area contributed by atoms with Crippen LogP contribution in [0.2, 0.25) is 0 Å². The van der Waals surface area contributed by atoms with Gasteiger partial charge in [0, 0.05) is 37.3 Å². The number of urea groups is 1. The molecule has 1 aromatic carbocycles. The van der Waals surface area contributed by atoms with Gasteiger partial charge in [0.15, 0.2) is 0 Å². The molecule has 2 aromatic rings. The van der Waals surface area contributed by atoms with Gasteiger partial charge >= 0.3 is 6.03 Å². The zero-order valence-electron chi connectivity index (χ0n) is 14.7. The quantitative estimate of drug-likeness (QED) is 0.842. The molecular weight excluding hydrogens is 321 g/mol. The maximum Gasteiger partial charge on any atom is 0.315 e. The number of hydrogen-bond acceptors (Lipinski definition) is 3. The Morgan fingerprint density at radius 2 is 2.12 bits per heavy atom. The molecule has 0 spiro atoms. The zero-order chi connectivity index (χ0) is 18.0. The van der Waals surface area contributed by atoms with Gasteiger partial charge in [-0.25, -0.2) is 9.18 Å². The number of nitrogens with one attached hydrogen (secondary N) is 2. The molecule has 1 heterocycles. The fourth-order valence-electron chi connectivity index (χ4n) is 3.05. The lowest BCUT2D eigenvalue weighted by atomic mass is 10.1. The number of aromatic nitrogens is 2. The molecule has 3 atom stereocenters. The molecule has 0 radical (unpaired) electrons. The molecule has 0 unspecified atom stereocenters. The van der Waals surface area contributed by atoms with Crippen LogP contribution in [0.4, 0.5) is 9.18 Å². The Morgan fingerprint density at radius 1 is 1.40 bits per heavy atom. The predicted octanol–water partition coefficient (Wildman–Crippen LogP) is 2.02. The highest BCUT2D eigenvalue weighted by Crippen LogP contribution is 2.40. The highest BCUT2D eigenvalue weighted by Gasteiger charge is 2.39. The largest absolute Gasteiger partial charge is 0.336 e. The second-order valence-electron chi connectivity index (χ2n) is 6.78. The van der Waals surface area contributed by atoms with Gasteiger partial charge in [-0.3, -0.25) is 4.68 Å². The standard InChI is InChI=1S/C18H24FN5O/c1-23(2)17(13-9-21-24(3)11-13)10-20-18(25)22-16-8-15(16)12-4-6-14(19)7-5-12/h4-7,9,11,15-17H,8,10H2,1-3H3,(H2,20,22,25)/t15-,16+,17-/m0/s1. The van der Waals surface area contributed by atoms with Crippen molar-refractivity contribution in [1.82, 2.24) is 25.3 Å². The van der Waals surface area contributed by atoms with Gasteiger partial charge < -0.3 is 15.5 Å². The molecular formula is C18H24FN5O.